The van der Waals surface area contributed by atoms with Crippen LogP contribution >= 0.6 is 0 Å². The van der Waals surface area contributed by atoms with E-state index in [1.807, 2.05) is 39.0 Å². The molecule has 0 spiro atoms. The highest BCUT2D eigenvalue weighted by Gasteiger charge is 2.31. The molecular weight excluding hydrogens is 398 g/mol. The van der Waals surface area contributed by atoms with Crippen LogP contribution in [0.2, 0.25) is 0 Å². The molecule has 6 nitrogen and oxygen atoms in total. The van der Waals surface area contributed by atoms with Crippen LogP contribution in [0.25, 0.3) is 0 Å². The highest BCUT2D eigenvalue weighted by atomic mass is 32.2. The monoisotopic (exact) mass is 429 g/mol. The molecule has 0 saturated carbocycles. The molecule has 1 fully saturated rings. The number of sulfonamides is 1. The summed E-state index contributed by atoms with van der Waals surface area (Å²) in [6, 6.07) is 12.2. The van der Waals surface area contributed by atoms with Crippen molar-refractivity contribution in [3.63, 3.8) is 0 Å². The van der Waals surface area contributed by atoms with Gasteiger partial charge in [-0.05, 0) is 88.0 Å². The van der Waals surface area contributed by atoms with E-state index < -0.39 is 10.0 Å². The first-order chi connectivity index (χ1) is 14.2. The number of benzene rings is 2. The Balaban J connectivity index is 1.78. The smallest absolute Gasteiger partial charge is 0.255 e. The van der Waals surface area contributed by atoms with Crippen molar-refractivity contribution in [2.24, 2.45) is 5.92 Å². The fourth-order valence-corrected chi connectivity index (χ4v) is 5.47. The first-order valence-electron chi connectivity index (χ1n) is 10.4. The maximum atomic E-state index is 13.2. The van der Waals surface area contributed by atoms with Gasteiger partial charge >= 0.3 is 0 Å². The summed E-state index contributed by atoms with van der Waals surface area (Å²) in [5.41, 5.74) is 2.81. The summed E-state index contributed by atoms with van der Waals surface area (Å²) in [5, 5.41) is 6.22. The molecule has 1 saturated heterocycles. The van der Waals surface area contributed by atoms with Crippen LogP contribution in [0.5, 0.6) is 0 Å². The van der Waals surface area contributed by atoms with Crippen molar-refractivity contribution < 1.29 is 13.2 Å². The van der Waals surface area contributed by atoms with E-state index in [1.54, 1.807) is 31.3 Å². The molecule has 1 atom stereocenters. The molecule has 30 heavy (non-hydrogen) atoms. The minimum absolute atomic E-state index is 0.0714. The predicted molar refractivity (Wildman–Crippen MR) is 120 cm³/mol. The van der Waals surface area contributed by atoms with Gasteiger partial charge in [0.05, 0.1) is 4.90 Å². The van der Waals surface area contributed by atoms with E-state index >= 15 is 0 Å². The topological polar surface area (TPSA) is 78.5 Å². The number of amides is 1. The lowest BCUT2D eigenvalue weighted by Crippen LogP contribution is -2.43. The Labute approximate surface area is 179 Å². The molecule has 1 aliphatic rings. The molecule has 0 bridgehead atoms. The standard InChI is InChI=1S/C23H31N3O3S/c1-16-7-5-6-8-21(16)23(27)25-22-10-9-20(15-17(22)2)30(28,29)26(4)18(3)19-11-13-24-14-12-19/h5-10,15,18-19,24H,11-14H2,1-4H3,(H,25,27)/t18-/m1/s1. The van der Waals surface area contributed by atoms with E-state index in [1.165, 1.54) is 4.31 Å². The van der Waals surface area contributed by atoms with Crippen LogP contribution in [0.3, 0.4) is 0 Å². The van der Waals surface area contributed by atoms with E-state index in [0.29, 0.717) is 22.7 Å². The number of anilines is 1. The molecule has 3 rings (SSSR count). The number of nitrogens with zero attached hydrogens (tertiary/aromatic N) is 1. The van der Waals surface area contributed by atoms with Gasteiger partial charge in [0.2, 0.25) is 10.0 Å². The minimum Gasteiger partial charge on any atom is -0.322 e. The Morgan fingerprint density at radius 3 is 2.40 bits per heavy atom. The van der Waals surface area contributed by atoms with Crippen molar-refractivity contribution in [2.45, 2.75) is 44.6 Å². The van der Waals surface area contributed by atoms with Gasteiger partial charge in [0, 0.05) is 24.3 Å². The van der Waals surface area contributed by atoms with E-state index in [4.69, 9.17) is 0 Å². The SMILES string of the molecule is Cc1cc(S(=O)(=O)N(C)[C@H](C)C2CCNCC2)ccc1NC(=O)c1ccccc1C. The zero-order chi connectivity index (χ0) is 21.9. The van der Waals surface area contributed by atoms with Crippen molar-refractivity contribution in [1.82, 2.24) is 9.62 Å². The number of nitrogens with one attached hydrogen (secondary N) is 2. The molecule has 162 valence electrons. The van der Waals surface area contributed by atoms with E-state index in [-0.39, 0.29) is 16.8 Å². The van der Waals surface area contributed by atoms with Crippen LogP contribution in [-0.4, -0.2) is 44.8 Å². The third kappa shape index (κ3) is 4.74. The summed E-state index contributed by atoms with van der Waals surface area (Å²) in [4.78, 5) is 12.8. The lowest BCUT2D eigenvalue weighted by Gasteiger charge is -2.34. The molecule has 2 N–H and O–H groups in total. The summed E-state index contributed by atoms with van der Waals surface area (Å²) in [6.07, 6.45) is 1.95. The molecule has 0 aliphatic carbocycles. The molecule has 1 aliphatic heterocycles. The molecule has 0 unspecified atom stereocenters. The second-order valence-electron chi connectivity index (χ2n) is 8.10. The summed E-state index contributed by atoms with van der Waals surface area (Å²) in [6.45, 7) is 7.53. The van der Waals surface area contributed by atoms with Crippen molar-refractivity contribution in [3.05, 3.63) is 59.2 Å². The fourth-order valence-electron chi connectivity index (χ4n) is 3.96. The Morgan fingerprint density at radius 1 is 1.10 bits per heavy atom. The Hall–Kier alpha value is -2.22. The first kappa shape index (κ1) is 22.5. The summed E-state index contributed by atoms with van der Waals surface area (Å²) < 4.78 is 27.9. The minimum atomic E-state index is -3.61. The van der Waals surface area contributed by atoms with E-state index in [9.17, 15) is 13.2 Å². The molecule has 2 aromatic carbocycles. The summed E-state index contributed by atoms with van der Waals surface area (Å²) in [5.74, 6) is 0.142. The van der Waals surface area contributed by atoms with E-state index in [2.05, 4.69) is 10.6 Å². The molecule has 0 radical (unpaired) electrons. The van der Waals surface area contributed by atoms with Crippen LogP contribution in [0, 0.1) is 19.8 Å². The normalized spacial score (nSPS) is 16.4. The largest absolute Gasteiger partial charge is 0.322 e. The molecule has 0 aromatic heterocycles. The van der Waals surface area contributed by atoms with Crippen LogP contribution in [0.15, 0.2) is 47.4 Å². The zero-order valence-corrected chi connectivity index (χ0v) is 18.9. The Kier molecular flexibility index (Phi) is 6.95. The van der Waals surface area contributed by atoms with Gasteiger partial charge in [0.1, 0.15) is 0 Å². The average Bonchev–Trinajstić information content (AvgIpc) is 2.74. The van der Waals surface area contributed by atoms with Crippen molar-refractivity contribution in [2.75, 3.05) is 25.5 Å². The molecule has 1 amide bonds. The second-order valence-corrected chi connectivity index (χ2v) is 10.1. The Bertz CT molecular complexity index is 1010. The van der Waals surface area contributed by atoms with Gasteiger partial charge in [-0.1, -0.05) is 18.2 Å². The number of aryl methyl sites for hydroxylation is 2. The molecule has 7 heteroatoms. The van der Waals surface area contributed by atoms with Gasteiger partial charge in [-0.3, -0.25) is 4.79 Å². The quantitative estimate of drug-likeness (QED) is 0.736. The van der Waals surface area contributed by atoms with Gasteiger partial charge in [-0.2, -0.15) is 4.31 Å². The summed E-state index contributed by atoms with van der Waals surface area (Å²) in [7, 11) is -1.96. The molecule has 2 aromatic rings. The lowest BCUT2D eigenvalue weighted by atomic mass is 9.91. The number of carbonyl (C=O) groups is 1. The van der Waals surface area contributed by atoms with Gasteiger partial charge < -0.3 is 10.6 Å². The number of piperidine rings is 1. The number of rotatable bonds is 6. The van der Waals surface area contributed by atoms with E-state index in [0.717, 1.165) is 31.5 Å². The fraction of sp³-hybridized carbons (Fsp3) is 0.435. The lowest BCUT2D eigenvalue weighted by molar-refractivity contribution is 0.102. The van der Waals surface area contributed by atoms with Crippen molar-refractivity contribution in [3.8, 4) is 0 Å². The number of hydrogen-bond acceptors (Lipinski definition) is 4. The predicted octanol–water partition coefficient (Wildman–Crippen LogP) is 3.56. The zero-order valence-electron chi connectivity index (χ0n) is 18.1. The first-order valence-corrected chi connectivity index (χ1v) is 11.8. The van der Waals surface area contributed by atoms with Crippen LogP contribution < -0.4 is 10.6 Å². The highest BCUT2D eigenvalue weighted by molar-refractivity contribution is 7.89. The molecule has 1 heterocycles. The van der Waals surface area contributed by atoms with Gasteiger partial charge in [-0.15, -0.1) is 0 Å². The summed E-state index contributed by atoms with van der Waals surface area (Å²) >= 11 is 0. The van der Waals surface area contributed by atoms with Crippen LogP contribution in [-0.2, 0) is 10.0 Å². The highest BCUT2D eigenvalue weighted by Crippen LogP contribution is 2.27. The maximum Gasteiger partial charge on any atom is 0.255 e. The van der Waals surface area contributed by atoms with Crippen molar-refractivity contribution in [1.29, 1.82) is 0 Å². The van der Waals surface area contributed by atoms with Crippen LogP contribution in [0.4, 0.5) is 5.69 Å². The van der Waals surface area contributed by atoms with Gasteiger partial charge in [0.25, 0.3) is 5.91 Å². The van der Waals surface area contributed by atoms with Crippen LogP contribution in [0.1, 0.15) is 41.3 Å². The van der Waals surface area contributed by atoms with Gasteiger partial charge in [-0.25, -0.2) is 8.42 Å². The number of carbonyl (C=O) groups excluding carboxylic acids is 1. The van der Waals surface area contributed by atoms with Gasteiger partial charge in [0.15, 0.2) is 0 Å². The third-order valence-electron chi connectivity index (χ3n) is 6.15. The third-order valence-corrected chi connectivity index (χ3v) is 8.09. The average molecular weight is 430 g/mol. The maximum absolute atomic E-state index is 13.2. The van der Waals surface area contributed by atoms with Crippen molar-refractivity contribution >= 4 is 21.6 Å². The Morgan fingerprint density at radius 2 is 1.77 bits per heavy atom. The number of hydrogen-bond donors (Lipinski definition) is 2. The second kappa shape index (κ2) is 9.29. The molecular formula is C23H31N3O3S.